The highest BCUT2D eigenvalue weighted by Crippen LogP contribution is 2.35. The Morgan fingerprint density at radius 3 is 2.59 bits per heavy atom. The Bertz CT molecular complexity index is 783. The topological polar surface area (TPSA) is 64.8 Å². The molecule has 0 radical (unpaired) electrons. The largest absolute Gasteiger partial charge is 0.435 e. The molecule has 0 N–H and O–H groups in total. The van der Waals surface area contributed by atoms with Crippen molar-refractivity contribution in [2.24, 2.45) is 7.05 Å². The van der Waals surface area contributed by atoms with E-state index >= 15 is 0 Å². The van der Waals surface area contributed by atoms with E-state index in [4.69, 9.17) is 11.6 Å². The Kier molecular flexibility index (Phi) is 4.56. The second kappa shape index (κ2) is 5.82. The molecule has 0 fully saturated rings. The number of rotatable bonds is 4. The summed E-state index contributed by atoms with van der Waals surface area (Å²) in [4.78, 5) is 3.67. The minimum Gasteiger partial charge on any atom is -0.275 e. The second-order valence-electron chi connectivity index (χ2n) is 4.72. The van der Waals surface area contributed by atoms with E-state index < -0.39 is 33.4 Å². The van der Waals surface area contributed by atoms with Crippen LogP contribution in [-0.4, -0.2) is 28.9 Å². The van der Waals surface area contributed by atoms with Gasteiger partial charge in [-0.15, -0.1) is 0 Å². The monoisotopic (exact) mass is 373 g/mol. The summed E-state index contributed by atoms with van der Waals surface area (Å²) in [5, 5.41) is 3.37. The maximum Gasteiger partial charge on any atom is 0.435 e. The lowest BCUT2D eigenvalue weighted by Gasteiger charge is -2.12. The van der Waals surface area contributed by atoms with Crippen molar-refractivity contribution in [2.45, 2.75) is 23.4 Å². The van der Waals surface area contributed by atoms with E-state index in [0.29, 0.717) is 0 Å². The molecule has 0 aromatic carbocycles. The third-order valence-corrected chi connectivity index (χ3v) is 6.35. The molecule has 11 heteroatoms. The molecule has 0 saturated heterocycles. The minimum absolute atomic E-state index is 0.166. The highest BCUT2D eigenvalue weighted by atomic mass is 35.5. The average Bonchev–Trinajstić information content (AvgIpc) is 2.94. The molecule has 0 amide bonds. The van der Waals surface area contributed by atoms with Gasteiger partial charge in [0, 0.05) is 18.8 Å². The smallest absolute Gasteiger partial charge is 0.275 e. The summed E-state index contributed by atoms with van der Waals surface area (Å²) >= 11 is 6.41. The molecule has 0 aliphatic heterocycles. The quantitative estimate of drug-likeness (QED) is 0.826. The summed E-state index contributed by atoms with van der Waals surface area (Å²) in [6, 6.07) is 0. The van der Waals surface area contributed by atoms with E-state index in [0.717, 1.165) is 16.0 Å². The number of alkyl halides is 3. The van der Waals surface area contributed by atoms with E-state index in [2.05, 4.69) is 10.1 Å². The molecule has 0 saturated carbocycles. The predicted octanol–water partition coefficient (Wildman–Crippen LogP) is 3.13. The lowest BCUT2D eigenvalue weighted by molar-refractivity contribution is -0.142. The van der Waals surface area contributed by atoms with Crippen molar-refractivity contribution < 1.29 is 21.6 Å². The van der Waals surface area contributed by atoms with Crippen LogP contribution < -0.4 is 0 Å². The van der Waals surface area contributed by atoms with Crippen molar-refractivity contribution in [3.8, 4) is 0 Å². The lowest BCUT2D eigenvalue weighted by Crippen LogP contribution is -2.16. The molecule has 1 atom stereocenters. The highest BCUT2D eigenvalue weighted by molar-refractivity contribution is 7.93. The third-order valence-electron chi connectivity index (χ3n) is 2.85. The number of aryl methyl sites for hydroxylation is 1. The van der Waals surface area contributed by atoms with E-state index in [1.807, 2.05) is 0 Å². The number of thiazole rings is 1. The van der Waals surface area contributed by atoms with Crippen LogP contribution in [0.15, 0.2) is 16.7 Å². The number of aromatic nitrogens is 3. The van der Waals surface area contributed by atoms with Crippen LogP contribution >= 0.6 is 22.9 Å². The SMILES string of the molecule is CC(CS(=O)(=O)c1ncc(Cl)s1)c1cn(C)nc1C(F)(F)F. The van der Waals surface area contributed by atoms with E-state index in [1.165, 1.54) is 26.4 Å². The van der Waals surface area contributed by atoms with E-state index in [1.54, 1.807) is 0 Å². The molecule has 2 rings (SSSR count). The molecular weight excluding hydrogens is 363 g/mol. The van der Waals surface area contributed by atoms with Gasteiger partial charge in [-0.3, -0.25) is 4.68 Å². The second-order valence-corrected chi connectivity index (χ2v) is 8.59. The summed E-state index contributed by atoms with van der Waals surface area (Å²) in [5.41, 5.74) is -1.24. The number of hydrogen-bond acceptors (Lipinski definition) is 5. The summed E-state index contributed by atoms with van der Waals surface area (Å²) in [7, 11) is -2.47. The summed E-state index contributed by atoms with van der Waals surface area (Å²) in [6.07, 6.45) is -2.27. The first-order valence-electron chi connectivity index (χ1n) is 5.95. The van der Waals surface area contributed by atoms with Gasteiger partial charge < -0.3 is 0 Å². The Balaban J connectivity index is 2.32. The third kappa shape index (κ3) is 3.61. The Morgan fingerprint density at radius 2 is 2.09 bits per heavy atom. The van der Waals surface area contributed by atoms with Crippen LogP contribution in [0.3, 0.4) is 0 Å². The van der Waals surface area contributed by atoms with Crippen LogP contribution in [0.1, 0.15) is 24.1 Å². The molecule has 2 aromatic rings. The van der Waals surface area contributed by atoms with Crippen LogP contribution in [-0.2, 0) is 23.1 Å². The molecule has 22 heavy (non-hydrogen) atoms. The van der Waals surface area contributed by atoms with Crippen LogP contribution in [0, 0.1) is 0 Å². The number of halogens is 4. The number of sulfone groups is 1. The predicted molar refractivity (Wildman–Crippen MR) is 75.8 cm³/mol. The van der Waals surface area contributed by atoms with Crippen molar-refractivity contribution in [3.63, 3.8) is 0 Å². The Hall–Kier alpha value is -1.13. The van der Waals surface area contributed by atoms with Gasteiger partial charge in [0.05, 0.1) is 11.9 Å². The zero-order valence-electron chi connectivity index (χ0n) is 11.4. The first kappa shape index (κ1) is 17.2. The first-order chi connectivity index (χ1) is 10.0. The Labute approximate surface area is 133 Å². The summed E-state index contributed by atoms with van der Waals surface area (Å²) < 4.78 is 64.1. The molecule has 5 nitrogen and oxygen atoms in total. The fraction of sp³-hybridized carbons (Fsp3) is 0.455. The van der Waals surface area contributed by atoms with Gasteiger partial charge in [-0.25, -0.2) is 13.4 Å². The normalized spacial score (nSPS) is 14.3. The van der Waals surface area contributed by atoms with Gasteiger partial charge in [0.15, 0.2) is 5.69 Å². The fourth-order valence-electron chi connectivity index (χ4n) is 1.96. The Morgan fingerprint density at radius 1 is 1.45 bits per heavy atom. The van der Waals surface area contributed by atoms with Crippen molar-refractivity contribution in [1.29, 1.82) is 0 Å². The summed E-state index contributed by atoms with van der Waals surface area (Å²) in [6.45, 7) is 1.40. The molecular formula is C11H11ClF3N3O2S2. The van der Waals surface area contributed by atoms with Crippen LogP contribution in [0.4, 0.5) is 13.2 Å². The van der Waals surface area contributed by atoms with Gasteiger partial charge in [-0.05, 0) is 5.92 Å². The number of nitrogens with zero attached hydrogens (tertiary/aromatic N) is 3. The minimum atomic E-state index is -4.64. The highest BCUT2D eigenvalue weighted by Gasteiger charge is 2.39. The van der Waals surface area contributed by atoms with Crippen molar-refractivity contribution in [1.82, 2.24) is 14.8 Å². The van der Waals surface area contributed by atoms with Gasteiger partial charge in [0.1, 0.15) is 4.34 Å². The zero-order valence-corrected chi connectivity index (χ0v) is 13.8. The molecule has 0 aliphatic carbocycles. The van der Waals surface area contributed by atoms with Crippen LogP contribution in [0.25, 0.3) is 0 Å². The molecule has 2 heterocycles. The first-order valence-corrected chi connectivity index (χ1v) is 8.80. The van der Waals surface area contributed by atoms with Crippen LogP contribution in [0.2, 0.25) is 4.34 Å². The van der Waals surface area contributed by atoms with Gasteiger partial charge in [0.2, 0.25) is 14.2 Å². The standard InChI is InChI=1S/C11H11ClF3N3O2S2/c1-6(5-22(19,20)10-16-3-8(12)21-10)7-4-18(2)17-9(7)11(13,14)15/h3-4,6H,5H2,1-2H3. The van der Waals surface area contributed by atoms with Crippen molar-refractivity contribution >= 4 is 32.8 Å². The van der Waals surface area contributed by atoms with Gasteiger partial charge >= 0.3 is 6.18 Å². The summed E-state index contributed by atoms with van der Waals surface area (Å²) in [5.74, 6) is -1.40. The van der Waals surface area contributed by atoms with Gasteiger partial charge in [-0.1, -0.05) is 29.9 Å². The lowest BCUT2D eigenvalue weighted by atomic mass is 10.0. The van der Waals surface area contributed by atoms with Crippen LogP contribution in [0.5, 0.6) is 0 Å². The molecule has 2 aromatic heterocycles. The molecule has 1 unspecified atom stereocenters. The van der Waals surface area contributed by atoms with E-state index in [-0.39, 0.29) is 14.2 Å². The molecule has 0 aliphatic rings. The molecule has 0 spiro atoms. The van der Waals surface area contributed by atoms with E-state index in [9.17, 15) is 21.6 Å². The zero-order chi connectivity index (χ0) is 16.7. The average molecular weight is 374 g/mol. The number of hydrogen-bond donors (Lipinski definition) is 0. The van der Waals surface area contributed by atoms with Gasteiger partial charge in [-0.2, -0.15) is 18.3 Å². The van der Waals surface area contributed by atoms with Crippen molar-refractivity contribution in [3.05, 3.63) is 28.0 Å². The fourth-order valence-corrected chi connectivity index (χ4v) is 4.92. The van der Waals surface area contributed by atoms with Crippen molar-refractivity contribution in [2.75, 3.05) is 5.75 Å². The molecule has 0 bridgehead atoms. The molecule has 122 valence electrons. The maximum absolute atomic E-state index is 12.9. The van der Waals surface area contributed by atoms with Gasteiger partial charge in [0.25, 0.3) is 0 Å². The maximum atomic E-state index is 12.9.